The first-order valence-corrected chi connectivity index (χ1v) is 7.43. The summed E-state index contributed by atoms with van der Waals surface area (Å²) in [6.45, 7) is 4.30. The predicted molar refractivity (Wildman–Crippen MR) is 82.1 cm³/mol. The topological polar surface area (TPSA) is 49.8 Å². The average Bonchev–Trinajstić information content (AvgIpc) is 2.91. The van der Waals surface area contributed by atoms with Gasteiger partial charge in [0.15, 0.2) is 0 Å². The van der Waals surface area contributed by atoms with Gasteiger partial charge in [-0.2, -0.15) is 0 Å². The maximum absolute atomic E-state index is 4.37. The minimum atomic E-state index is 0.351. The summed E-state index contributed by atoms with van der Waals surface area (Å²) >= 11 is 1.79. The molecule has 19 heavy (non-hydrogen) atoms. The molecule has 0 aromatic carbocycles. The summed E-state index contributed by atoms with van der Waals surface area (Å²) in [4.78, 5) is 10.0. The van der Waals surface area contributed by atoms with E-state index in [2.05, 4.69) is 52.0 Å². The van der Waals surface area contributed by atoms with Crippen molar-refractivity contribution < 1.29 is 0 Å². The van der Waals surface area contributed by atoms with Gasteiger partial charge < -0.3 is 10.6 Å². The lowest BCUT2D eigenvalue weighted by atomic mass is 10.1. The van der Waals surface area contributed by atoms with Crippen molar-refractivity contribution in [3.8, 4) is 0 Å². The molecule has 0 saturated carbocycles. The van der Waals surface area contributed by atoms with Crippen LogP contribution in [0.1, 0.15) is 24.3 Å². The summed E-state index contributed by atoms with van der Waals surface area (Å²) in [5.74, 6) is 1.84. The monoisotopic (exact) mass is 276 g/mol. The SMILES string of the molecule is CCc1c(NC)ncnc1NC(C)Cc1cccs1. The molecule has 2 N–H and O–H groups in total. The number of nitrogens with zero attached hydrogens (tertiary/aromatic N) is 2. The molecule has 0 aliphatic rings. The second kappa shape index (κ2) is 6.52. The second-order valence-corrected chi connectivity index (χ2v) is 5.51. The molecule has 4 nitrogen and oxygen atoms in total. The van der Waals surface area contributed by atoms with E-state index in [1.807, 2.05) is 7.05 Å². The Kier molecular flexibility index (Phi) is 4.74. The Morgan fingerprint density at radius 1 is 1.32 bits per heavy atom. The van der Waals surface area contributed by atoms with Crippen LogP contribution in [0.2, 0.25) is 0 Å². The molecule has 102 valence electrons. The van der Waals surface area contributed by atoms with E-state index < -0.39 is 0 Å². The fourth-order valence-electron chi connectivity index (χ4n) is 2.10. The molecule has 1 unspecified atom stereocenters. The molecular formula is C14H20N4S. The molecule has 2 aromatic rings. The van der Waals surface area contributed by atoms with Crippen LogP contribution in [0.3, 0.4) is 0 Å². The Bertz CT molecular complexity index is 510. The van der Waals surface area contributed by atoms with E-state index >= 15 is 0 Å². The van der Waals surface area contributed by atoms with E-state index in [0.717, 1.165) is 30.0 Å². The summed E-state index contributed by atoms with van der Waals surface area (Å²) in [5, 5.41) is 8.72. The van der Waals surface area contributed by atoms with Gasteiger partial charge in [-0.25, -0.2) is 9.97 Å². The van der Waals surface area contributed by atoms with Crippen LogP contribution in [-0.2, 0) is 12.8 Å². The first-order valence-electron chi connectivity index (χ1n) is 6.55. The van der Waals surface area contributed by atoms with E-state index in [1.54, 1.807) is 17.7 Å². The molecule has 2 rings (SSSR count). The highest BCUT2D eigenvalue weighted by Crippen LogP contribution is 2.21. The molecule has 0 aliphatic carbocycles. The molecule has 0 spiro atoms. The van der Waals surface area contributed by atoms with Gasteiger partial charge in [0.1, 0.15) is 18.0 Å². The summed E-state index contributed by atoms with van der Waals surface area (Å²) in [6, 6.07) is 4.61. The number of anilines is 2. The largest absolute Gasteiger partial charge is 0.373 e. The van der Waals surface area contributed by atoms with Gasteiger partial charge in [-0.05, 0) is 24.8 Å². The van der Waals surface area contributed by atoms with Crippen LogP contribution in [0, 0.1) is 0 Å². The number of thiophene rings is 1. The molecular weight excluding hydrogens is 256 g/mol. The van der Waals surface area contributed by atoms with Gasteiger partial charge in [0.25, 0.3) is 0 Å². The van der Waals surface area contributed by atoms with Crippen LogP contribution < -0.4 is 10.6 Å². The maximum atomic E-state index is 4.37. The van der Waals surface area contributed by atoms with E-state index in [1.165, 1.54) is 4.88 Å². The summed E-state index contributed by atoms with van der Waals surface area (Å²) in [6.07, 6.45) is 3.52. The van der Waals surface area contributed by atoms with Crippen LogP contribution in [0.5, 0.6) is 0 Å². The standard InChI is InChI=1S/C14H20N4S/c1-4-12-13(15-3)16-9-17-14(12)18-10(2)8-11-6-5-7-19-11/h5-7,9-10H,4,8H2,1-3H3,(H2,15,16,17,18). The van der Waals surface area contributed by atoms with Crippen LogP contribution in [0.25, 0.3) is 0 Å². The Morgan fingerprint density at radius 2 is 2.11 bits per heavy atom. The van der Waals surface area contributed by atoms with Gasteiger partial charge in [0.2, 0.25) is 0 Å². The first kappa shape index (κ1) is 13.8. The Hall–Kier alpha value is -1.62. The third-order valence-corrected chi connectivity index (χ3v) is 3.91. The van der Waals surface area contributed by atoms with Gasteiger partial charge in [-0.3, -0.25) is 0 Å². The Labute approximate surface area is 118 Å². The van der Waals surface area contributed by atoms with Crippen LogP contribution in [-0.4, -0.2) is 23.1 Å². The third-order valence-electron chi connectivity index (χ3n) is 3.01. The van der Waals surface area contributed by atoms with Crippen molar-refractivity contribution in [2.45, 2.75) is 32.7 Å². The lowest BCUT2D eigenvalue weighted by Gasteiger charge is -2.17. The van der Waals surface area contributed by atoms with Crippen LogP contribution in [0.15, 0.2) is 23.8 Å². The molecule has 2 heterocycles. The third kappa shape index (κ3) is 3.44. The molecule has 2 aromatic heterocycles. The lowest BCUT2D eigenvalue weighted by Crippen LogP contribution is -2.20. The van der Waals surface area contributed by atoms with Crippen molar-refractivity contribution in [1.29, 1.82) is 0 Å². The number of aromatic nitrogens is 2. The van der Waals surface area contributed by atoms with Crippen molar-refractivity contribution in [2.24, 2.45) is 0 Å². The van der Waals surface area contributed by atoms with E-state index in [9.17, 15) is 0 Å². The van der Waals surface area contributed by atoms with Crippen molar-refractivity contribution >= 4 is 23.0 Å². The normalized spacial score (nSPS) is 12.2. The van der Waals surface area contributed by atoms with Crippen LogP contribution in [0.4, 0.5) is 11.6 Å². The van der Waals surface area contributed by atoms with Crippen molar-refractivity contribution in [3.05, 3.63) is 34.3 Å². The summed E-state index contributed by atoms with van der Waals surface area (Å²) in [5.41, 5.74) is 1.14. The molecule has 0 amide bonds. The number of rotatable bonds is 6. The van der Waals surface area contributed by atoms with Gasteiger partial charge in [-0.1, -0.05) is 13.0 Å². The molecule has 5 heteroatoms. The molecule has 0 radical (unpaired) electrons. The highest BCUT2D eigenvalue weighted by molar-refractivity contribution is 7.09. The average molecular weight is 276 g/mol. The van der Waals surface area contributed by atoms with Gasteiger partial charge >= 0.3 is 0 Å². The fourth-order valence-corrected chi connectivity index (χ4v) is 2.94. The maximum Gasteiger partial charge on any atom is 0.134 e. The number of hydrogen-bond donors (Lipinski definition) is 2. The quantitative estimate of drug-likeness (QED) is 0.851. The van der Waals surface area contributed by atoms with E-state index in [4.69, 9.17) is 0 Å². The van der Waals surface area contributed by atoms with E-state index in [-0.39, 0.29) is 0 Å². The van der Waals surface area contributed by atoms with Gasteiger partial charge in [-0.15, -0.1) is 11.3 Å². The zero-order valence-electron chi connectivity index (χ0n) is 11.6. The number of nitrogens with one attached hydrogen (secondary N) is 2. The molecule has 0 bridgehead atoms. The van der Waals surface area contributed by atoms with E-state index in [0.29, 0.717) is 6.04 Å². The molecule has 0 aliphatic heterocycles. The Morgan fingerprint density at radius 3 is 2.74 bits per heavy atom. The highest BCUT2D eigenvalue weighted by Gasteiger charge is 2.11. The predicted octanol–water partition coefficient (Wildman–Crippen LogP) is 3.19. The zero-order valence-corrected chi connectivity index (χ0v) is 12.4. The molecule has 0 saturated heterocycles. The molecule has 0 fully saturated rings. The fraction of sp³-hybridized carbons (Fsp3) is 0.429. The summed E-state index contributed by atoms with van der Waals surface area (Å²) in [7, 11) is 1.89. The van der Waals surface area contributed by atoms with Crippen LogP contribution >= 0.6 is 11.3 Å². The zero-order chi connectivity index (χ0) is 13.7. The highest BCUT2D eigenvalue weighted by atomic mass is 32.1. The smallest absolute Gasteiger partial charge is 0.134 e. The molecule has 1 atom stereocenters. The van der Waals surface area contributed by atoms with Crippen molar-refractivity contribution in [2.75, 3.05) is 17.7 Å². The van der Waals surface area contributed by atoms with Crippen molar-refractivity contribution in [1.82, 2.24) is 9.97 Å². The minimum Gasteiger partial charge on any atom is -0.373 e. The van der Waals surface area contributed by atoms with Gasteiger partial charge in [0.05, 0.1) is 0 Å². The van der Waals surface area contributed by atoms with Crippen molar-refractivity contribution in [3.63, 3.8) is 0 Å². The number of hydrogen-bond acceptors (Lipinski definition) is 5. The minimum absolute atomic E-state index is 0.351. The summed E-state index contributed by atoms with van der Waals surface area (Å²) < 4.78 is 0. The van der Waals surface area contributed by atoms with Gasteiger partial charge in [0, 0.05) is 30.0 Å². The second-order valence-electron chi connectivity index (χ2n) is 4.48. The first-order chi connectivity index (χ1) is 9.24. The Balaban J connectivity index is 2.09. The lowest BCUT2D eigenvalue weighted by molar-refractivity contribution is 0.789.